The van der Waals surface area contributed by atoms with Gasteiger partial charge in [-0.1, -0.05) is 59.8 Å². The Hall–Kier alpha value is -3.13. The van der Waals surface area contributed by atoms with Gasteiger partial charge in [-0.25, -0.2) is 4.98 Å². The lowest BCUT2D eigenvalue weighted by molar-refractivity contribution is -0.131. The average molecular weight is 395 g/mol. The van der Waals surface area contributed by atoms with Crippen LogP contribution in [0.4, 0.5) is 5.69 Å². The van der Waals surface area contributed by atoms with Gasteiger partial charge >= 0.3 is 0 Å². The van der Waals surface area contributed by atoms with Crippen molar-refractivity contribution in [2.24, 2.45) is 0 Å². The van der Waals surface area contributed by atoms with Crippen molar-refractivity contribution in [3.63, 3.8) is 0 Å². The van der Waals surface area contributed by atoms with Gasteiger partial charge < -0.3 is 10.2 Å². The third-order valence-electron chi connectivity index (χ3n) is 3.98. The smallest absolute Gasteiger partial charge is 0.243 e. The highest BCUT2D eigenvalue weighted by atomic mass is 32.2. The second kappa shape index (κ2) is 9.18. The van der Waals surface area contributed by atoms with Crippen LogP contribution in [0.5, 0.6) is 0 Å². The summed E-state index contributed by atoms with van der Waals surface area (Å²) in [4.78, 5) is 30.2. The number of hydrogen-bond donors (Lipinski definition) is 2. The number of anilines is 1. The van der Waals surface area contributed by atoms with Gasteiger partial charge in [0, 0.05) is 18.3 Å². The number of aryl methyl sites for hydroxylation is 1. The molecule has 0 aliphatic heterocycles. The maximum atomic E-state index is 12.3. The van der Waals surface area contributed by atoms with Crippen molar-refractivity contribution < 1.29 is 9.59 Å². The molecule has 28 heavy (non-hydrogen) atoms. The van der Waals surface area contributed by atoms with Gasteiger partial charge in [-0.2, -0.15) is 0 Å². The molecule has 0 bridgehead atoms. The van der Waals surface area contributed by atoms with E-state index >= 15 is 0 Å². The van der Waals surface area contributed by atoms with Crippen molar-refractivity contribution >= 4 is 29.3 Å². The monoisotopic (exact) mass is 395 g/mol. The molecule has 2 aromatic carbocycles. The summed E-state index contributed by atoms with van der Waals surface area (Å²) in [7, 11) is 1.60. The summed E-state index contributed by atoms with van der Waals surface area (Å²) in [5.41, 5.74) is 2.75. The summed E-state index contributed by atoms with van der Waals surface area (Å²) >= 11 is 1.23. The molecule has 0 aliphatic rings. The fourth-order valence-corrected chi connectivity index (χ4v) is 3.15. The van der Waals surface area contributed by atoms with Crippen molar-refractivity contribution in [2.45, 2.75) is 12.1 Å². The van der Waals surface area contributed by atoms with Crippen molar-refractivity contribution in [3.8, 4) is 11.4 Å². The molecule has 1 aromatic heterocycles. The van der Waals surface area contributed by atoms with Crippen molar-refractivity contribution in [1.29, 1.82) is 0 Å². The predicted molar refractivity (Wildman–Crippen MR) is 110 cm³/mol. The van der Waals surface area contributed by atoms with Crippen LogP contribution in [-0.4, -0.2) is 51.2 Å². The molecule has 2 amide bonds. The van der Waals surface area contributed by atoms with Crippen LogP contribution < -0.4 is 5.32 Å². The Bertz CT molecular complexity index is 941. The number of aromatic nitrogens is 3. The predicted octanol–water partition coefficient (Wildman–Crippen LogP) is 2.97. The summed E-state index contributed by atoms with van der Waals surface area (Å²) in [6.45, 7) is 1.96. The number of amides is 2. The van der Waals surface area contributed by atoms with Gasteiger partial charge in [-0.05, 0) is 19.1 Å². The number of carbonyl (C=O) groups is 2. The topological polar surface area (TPSA) is 91.0 Å². The van der Waals surface area contributed by atoms with E-state index in [-0.39, 0.29) is 24.1 Å². The third-order valence-corrected chi connectivity index (χ3v) is 4.81. The lowest BCUT2D eigenvalue weighted by Crippen LogP contribution is -2.35. The zero-order valence-corrected chi connectivity index (χ0v) is 16.5. The molecule has 0 aliphatic carbocycles. The van der Waals surface area contributed by atoms with Crippen LogP contribution >= 0.6 is 11.8 Å². The molecule has 0 atom stereocenters. The Balaban J connectivity index is 1.47. The number of benzene rings is 2. The molecule has 7 nitrogen and oxygen atoms in total. The number of H-pyrrole nitrogens is 1. The quantitative estimate of drug-likeness (QED) is 0.600. The number of carbonyl (C=O) groups excluding carboxylic acids is 2. The Labute approximate surface area is 167 Å². The molecule has 1 heterocycles. The van der Waals surface area contributed by atoms with E-state index < -0.39 is 0 Å². The minimum Gasteiger partial charge on any atom is -0.336 e. The standard InChI is InChI=1S/C20H21N5O2S/c1-14-8-10-16(11-9-14)21-17(26)12-25(2)18(27)13-28-20-22-19(23-24-20)15-6-4-3-5-7-15/h3-11H,12-13H2,1-2H3,(H,21,26)(H,22,23,24). The van der Waals surface area contributed by atoms with Crippen molar-refractivity contribution in [3.05, 3.63) is 60.2 Å². The molecule has 8 heteroatoms. The molecule has 3 rings (SSSR count). The van der Waals surface area contributed by atoms with E-state index in [2.05, 4.69) is 20.5 Å². The summed E-state index contributed by atoms with van der Waals surface area (Å²) in [5.74, 6) is 0.394. The van der Waals surface area contributed by atoms with Crippen LogP contribution in [0, 0.1) is 6.92 Å². The van der Waals surface area contributed by atoms with Crippen molar-refractivity contribution in [2.75, 3.05) is 24.7 Å². The normalized spacial score (nSPS) is 10.5. The van der Waals surface area contributed by atoms with E-state index in [0.717, 1.165) is 11.1 Å². The summed E-state index contributed by atoms with van der Waals surface area (Å²) in [6, 6.07) is 17.1. The van der Waals surface area contributed by atoms with E-state index in [4.69, 9.17) is 0 Å². The first-order chi connectivity index (χ1) is 13.5. The fourth-order valence-electron chi connectivity index (χ4n) is 2.41. The van der Waals surface area contributed by atoms with E-state index in [1.54, 1.807) is 7.05 Å². The molecule has 0 radical (unpaired) electrons. The molecular weight excluding hydrogens is 374 g/mol. The molecule has 2 N–H and O–H groups in total. The SMILES string of the molecule is Cc1ccc(NC(=O)CN(C)C(=O)CSc2n[nH]c(-c3ccccc3)n2)cc1. The first-order valence-electron chi connectivity index (χ1n) is 8.72. The maximum Gasteiger partial charge on any atom is 0.243 e. The highest BCUT2D eigenvalue weighted by Gasteiger charge is 2.15. The number of rotatable bonds is 7. The average Bonchev–Trinajstić information content (AvgIpc) is 3.17. The summed E-state index contributed by atoms with van der Waals surface area (Å²) in [6.07, 6.45) is 0. The number of nitrogens with zero attached hydrogens (tertiary/aromatic N) is 3. The molecule has 0 saturated heterocycles. The first-order valence-corrected chi connectivity index (χ1v) is 9.71. The maximum absolute atomic E-state index is 12.3. The molecule has 3 aromatic rings. The summed E-state index contributed by atoms with van der Waals surface area (Å²) < 4.78 is 0. The summed E-state index contributed by atoms with van der Waals surface area (Å²) in [5, 5.41) is 10.3. The Morgan fingerprint density at radius 3 is 2.54 bits per heavy atom. The highest BCUT2D eigenvalue weighted by molar-refractivity contribution is 7.99. The Kier molecular flexibility index (Phi) is 6.44. The minimum atomic E-state index is -0.242. The van der Waals surface area contributed by atoms with Crippen LogP contribution in [0.3, 0.4) is 0 Å². The third kappa shape index (κ3) is 5.43. The van der Waals surface area contributed by atoms with Gasteiger partial charge in [-0.3, -0.25) is 14.7 Å². The number of aromatic amines is 1. The second-order valence-corrected chi connectivity index (χ2v) is 7.23. The van der Waals surface area contributed by atoms with Crippen molar-refractivity contribution in [1.82, 2.24) is 20.1 Å². The van der Waals surface area contributed by atoms with Gasteiger partial charge in [0.2, 0.25) is 17.0 Å². The zero-order chi connectivity index (χ0) is 19.9. The lowest BCUT2D eigenvalue weighted by atomic mass is 10.2. The van der Waals surface area contributed by atoms with Crippen LogP contribution in [-0.2, 0) is 9.59 Å². The van der Waals surface area contributed by atoms with E-state index in [0.29, 0.717) is 16.7 Å². The Morgan fingerprint density at radius 1 is 1.11 bits per heavy atom. The largest absolute Gasteiger partial charge is 0.336 e. The number of likely N-dealkylation sites (N-methyl/N-ethyl adjacent to an activating group) is 1. The van der Waals surface area contributed by atoms with Crippen LogP contribution in [0.15, 0.2) is 59.8 Å². The van der Waals surface area contributed by atoms with Gasteiger partial charge in [0.25, 0.3) is 0 Å². The van der Waals surface area contributed by atoms with Crippen LogP contribution in [0.25, 0.3) is 11.4 Å². The van der Waals surface area contributed by atoms with E-state index in [9.17, 15) is 9.59 Å². The molecule has 0 fully saturated rings. The Morgan fingerprint density at radius 2 is 1.82 bits per heavy atom. The van der Waals surface area contributed by atoms with Gasteiger partial charge in [0.15, 0.2) is 5.82 Å². The van der Waals surface area contributed by atoms with Crippen LogP contribution in [0.1, 0.15) is 5.56 Å². The fraction of sp³-hybridized carbons (Fsp3) is 0.200. The molecule has 0 unspecified atom stereocenters. The number of nitrogens with one attached hydrogen (secondary N) is 2. The number of thioether (sulfide) groups is 1. The van der Waals surface area contributed by atoms with Crippen LogP contribution in [0.2, 0.25) is 0 Å². The second-order valence-electron chi connectivity index (χ2n) is 6.29. The first kappa shape index (κ1) is 19.6. The minimum absolute atomic E-state index is 0.0173. The number of hydrogen-bond acceptors (Lipinski definition) is 5. The van der Waals surface area contributed by atoms with Gasteiger partial charge in [0.1, 0.15) is 0 Å². The lowest BCUT2D eigenvalue weighted by Gasteiger charge is -2.16. The van der Waals surface area contributed by atoms with Gasteiger partial charge in [-0.15, -0.1) is 5.10 Å². The molecular formula is C20H21N5O2S. The molecule has 144 valence electrons. The molecule has 0 saturated carbocycles. The molecule has 0 spiro atoms. The zero-order valence-electron chi connectivity index (χ0n) is 15.7. The van der Waals surface area contributed by atoms with E-state index in [1.165, 1.54) is 16.7 Å². The van der Waals surface area contributed by atoms with E-state index in [1.807, 2.05) is 61.5 Å². The highest BCUT2D eigenvalue weighted by Crippen LogP contribution is 2.19. The van der Waals surface area contributed by atoms with Gasteiger partial charge in [0.05, 0.1) is 12.3 Å².